The maximum absolute atomic E-state index is 13.4. The van der Waals surface area contributed by atoms with Gasteiger partial charge in [0, 0.05) is 22.5 Å². The van der Waals surface area contributed by atoms with E-state index in [1.807, 2.05) is 0 Å². The third kappa shape index (κ3) is 9.36. The summed E-state index contributed by atoms with van der Waals surface area (Å²) >= 11 is 0. The average molecular weight is 906 g/mol. The summed E-state index contributed by atoms with van der Waals surface area (Å²) in [4.78, 5) is 78.0. The number of carbonyl (C=O) groups is 6. The number of aromatic nitrogens is 1. The van der Waals surface area contributed by atoms with Crippen molar-refractivity contribution in [2.75, 3.05) is 21.5 Å². The zero-order valence-corrected chi connectivity index (χ0v) is 33.6. The third-order valence-corrected chi connectivity index (χ3v) is 10.9. The highest BCUT2D eigenvalue weighted by Crippen LogP contribution is 2.30. The Hall–Kier alpha value is -8.51. The maximum Gasteiger partial charge on any atom is 0.335 e. The normalized spacial score (nSPS) is 14.7. The maximum atomic E-state index is 13.4. The summed E-state index contributed by atoms with van der Waals surface area (Å²) in [6.45, 7) is 0. The highest BCUT2D eigenvalue weighted by Gasteiger charge is 2.34. The summed E-state index contributed by atoms with van der Waals surface area (Å²) in [6, 6.07) is 21.9. The van der Waals surface area contributed by atoms with Crippen LogP contribution in [0, 0.1) is 0 Å². The minimum absolute atomic E-state index is 0.0171. The fraction of sp³-hybridized carbons (Fsp3) is 0. The number of aromatic carboxylic acids is 2. The number of anilines is 4. The molecule has 0 saturated carbocycles. The van der Waals surface area contributed by atoms with E-state index in [2.05, 4.69) is 36.7 Å². The first-order valence-electron chi connectivity index (χ1n) is 18.0. The molecule has 322 valence electrons. The third-order valence-electron chi connectivity index (χ3n) is 9.21. The molecule has 0 bridgehead atoms. The van der Waals surface area contributed by atoms with Crippen LogP contribution in [0.5, 0.6) is 0 Å². The van der Waals surface area contributed by atoms with E-state index < -0.39 is 76.8 Å². The Balaban J connectivity index is 1.06. The minimum atomic E-state index is -5.03. The molecule has 7 rings (SSSR count). The van der Waals surface area contributed by atoms with Crippen molar-refractivity contribution in [3.05, 3.63) is 158 Å². The Morgan fingerprint density at radius 2 is 0.875 bits per heavy atom. The number of amides is 2. The van der Waals surface area contributed by atoms with E-state index in [1.165, 1.54) is 103 Å². The molecule has 64 heavy (non-hydrogen) atoms. The fourth-order valence-corrected chi connectivity index (χ4v) is 7.45. The van der Waals surface area contributed by atoms with Crippen molar-refractivity contribution >= 4 is 102 Å². The molecule has 21 nitrogen and oxygen atoms in total. The molecule has 2 aliphatic rings. The van der Waals surface area contributed by atoms with Crippen molar-refractivity contribution in [2.24, 2.45) is 10.2 Å². The van der Waals surface area contributed by atoms with Crippen LogP contribution in [0.15, 0.2) is 123 Å². The number of benzene rings is 4. The average Bonchev–Trinajstić information content (AvgIpc) is 3.25. The molecule has 0 unspecified atom stereocenters. The van der Waals surface area contributed by atoms with Gasteiger partial charge in [-0.3, -0.25) is 39.1 Å². The van der Waals surface area contributed by atoms with Gasteiger partial charge < -0.3 is 20.8 Å². The first-order valence-corrected chi connectivity index (χ1v) is 20.9. The number of carboxylic acid groups (broad SMARTS) is 2. The van der Waals surface area contributed by atoms with Gasteiger partial charge in [-0.2, -0.15) is 27.0 Å². The molecular formula is C41H27N7O14S2. The molecule has 0 radical (unpaired) electrons. The van der Waals surface area contributed by atoms with Crippen LogP contribution in [0.2, 0.25) is 0 Å². The largest absolute Gasteiger partial charge is 0.478 e. The second kappa shape index (κ2) is 17.1. The van der Waals surface area contributed by atoms with E-state index in [0.29, 0.717) is 0 Å². The van der Waals surface area contributed by atoms with Crippen LogP contribution in [0.3, 0.4) is 0 Å². The Kier molecular flexibility index (Phi) is 11.6. The van der Waals surface area contributed by atoms with E-state index in [1.54, 1.807) is 0 Å². The lowest BCUT2D eigenvalue weighted by Gasteiger charge is -2.17. The van der Waals surface area contributed by atoms with Crippen LogP contribution in [-0.2, 0) is 20.2 Å². The standard InChI is InChI=1S/C41H27N7O14S2/c49-36-28-14-12-26(16-22(28)18-32(63(57,58)59)34(36)47-45-24-8-4-20(5-9-24)40(53)54)42-38(51)30-2-1-3-31(44-30)39(52)43-27-13-15-29-23(17-27)19-33(64(60,61)62)35(37(29)50)48-46-25-10-6-21(7-11-25)41(55)56/h1-19,45-46H,(H,42,51)(H,43,52)(H,53,54)(H,55,56)(H,57,58,59)(H,60,61,62)/b47-34-,48-35-. The fourth-order valence-electron chi connectivity index (χ4n) is 6.13. The Labute approximate surface area is 360 Å². The molecule has 2 amide bonds. The van der Waals surface area contributed by atoms with Gasteiger partial charge in [0.2, 0.25) is 11.6 Å². The van der Waals surface area contributed by atoms with E-state index in [4.69, 9.17) is 10.2 Å². The number of allylic oxidation sites excluding steroid dienone is 2. The van der Waals surface area contributed by atoms with Crippen molar-refractivity contribution in [1.29, 1.82) is 0 Å². The van der Waals surface area contributed by atoms with Gasteiger partial charge in [-0.05, 0) is 120 Å². The number of fused-ring (bicyclic) bond motifs is 2. The second-order valence-electron chi connectivity index (χ2n) is 13.5. The summed E-state index contributed by atoms with van der Waals surface area (Å²) in [5.41, 5.74) is 3.36. The van der Waals surface area contributed by atoms with Gasteiger partial charge in [-0.1, -0.05) is 6.07 Å². The lowest BCUT2D eigenvalue weighted by Crippen LogP contribution is -2.27. The summed E-state index contributed by atoms with van der Waals surface area (Å²) in [5.74, 6) is -5.87. The number of hydrogen-bond donors (Lipinski definition) is 8. The van der Waals surface area contributed by atoms with Gasteiger partial charge in [0.25, 0.3) is 32.1 Å². The number of carboxylic acids is 2. The van der Waals surface area contributed by atoms with E-state index in [9.17, 15) is 54.7 Å². The molecule has 8 N–H and O–H groups in total. The lowest BCUT2D eigenvalue weighted by atomic mass is 9.94. The summed E-state index contributed by atoms with van der Waals surface area (Å²) in [7, 11) is -10.1. The number of ketones is 2. The predicted molar refractivity (Wildman–Crippen MR) is 230 cm³/mol. The number of nitrogens with zero attached hydrogens (tertiary/aromatic N) is 3. The van der Waals surface area contributed by atoms with Crippen LogP contribution < -0.4 is 21.5 Å². The van der Waals surface area contributed by atoms with Gasteiger partial charge in [0.05, 0.1) is 22.5 Å². The Bertz CT molecular complexity index is 3020. The molecule has 4 aromatic carbocycles. The number of carbonyl (C=O) groups excluding carboxylic acids is 4. The molecule has 5 aromatic rings. The topological polar surface area (TPSA) is 337 Å². The second-order valence-corrected chi connectivity index (χ2v) is 16.2. The predicted octanol–water partition coefficient (Wildman–Crippen LogP) is 4.77. The Morgan fingerprint density at radius 1 is 0.516 bits per heavy atom. The van der Waals surface area contributed by atoms with Crippen LogP contribution >= 0.6 is 0 Å². The van der Waals surface area contributed by atoms with E-state index >= 15 is 0 Å². The van der Waals surface area contributed by atoms with E-state index in [-0.39, 0.29) is 67.5 Å². The summed E-state index contributed by atoms with van der Waals surface area (Å²) in [5, 5.41) is 31.0. The smallest absolute Gasteiger partial charge is 0.335 e. The summed E-state index contributed by atoms with van der Waals surface area (Å²) in [6.07, 6.45) is 1.93. The molecule has 0 aliphatic heterocycles. The van der Waals surface area contributed by atoms with Crippen molar-refractivity contribution in [1.82, 2.24) is 4.98 Å². The number of pyridine rings is 1. The molecule has 0 atom stereocenters. The van der Waals surface area contributed by atoms with Gasteiger partial charge >= 0.3 is 11.9 Å². The van der Waals surface area contributed by atoms with E-state index in [0.717, 1.165) is 12.2 Å². The van der Waals surface area contributed by atoms with Crippen molar-refractivity contribution < 1.29 is 64.9 Å². The van der Waals surface area contributed by atoms with Crippen LogP contribution in [0.25, 0.3) is 12.2 Å². The summed E-state index contributed by atoms with van der Waals surface area (Å²) < 4.78 is 69.3. The Morgan fingerprint density at radius 3 is 1.22 bits per heavy atom. The number of nitrogens with one attached hydrogen (secondary N) is 4. The molecule has 0 saturated heterocycles. The van der Waals surface area contributed by atoms with Crippen LogP contribution in [-0.4, -0.2) is 87.9 Å². The first kappa shape index (κ1) is 43.6. The number of hydrazone groups is 2. The SMILES string of the molecule is O=C(O)c1ccc(N/N=C2\C(=O)c3ccc(NC(=O)c4cccc(C(=O)Nc5ccc6c(c5)C=C(S(=O)(=O)O)/C(=N/Nc5ccc(C(=O)O)cc5)C6=O)n4)cc3C=C2S(=O)(=O)O)cc1. The van der Waals surface area contributed by atoms with Crippen LogP contribution in [0.4, 0.5) is 22.7 Å². The number of Topliss-reactive ketones (excluding diaryl/α,β-unsaturated/α-hetero) is 2. The van der Waals surface area contributed by atoms with Crippen molar-refractivity contribution in [2.45, 2.75) is 0 Å². The van der Waals surface area contributed by atoms with Crippen molar-refractivity contribution in [3.8, 4) is 0 Å². The van der Waals surface area contributed by atoms with Gasteiger partial charge in [-0.15, -0.1) is 0 Å². The minimum Gasteiger partial charge on any atom is -0.478 e. The molecule has 2 aliphatic carbocycles. The molecule has 1 heterocycles. The monoisotopic (exact) mass is 905 g/mol. The van der Waals surface area contributed by atoms with Crippen LogP contribution in [0.1, 0.15) is 73.5 Å². The zero-order chi connectivity index (χ0) is 46.1. The molecule has 23 heteroatoms. The van der Waals surface area contributed by atoms with Gasteiger partial charge in [-0.25, -0.2) is 14.6 Å². The molecular weight excluding hydrogens is 879 g/mol. The van der Waals surface area contributed by atoms with Gasteiger partial charge in [0.15, 0.2) is 11.4 Å². The highest BCUT2D eigenvalue weighted by molar-refractivity contribution is 7.91. The number of hydrogen-bond acceptors (Lipinski definition) is 15. The van der Waals surface area contributed by atoms with Crippen molar-refractivity contribution in [3.63, 3.8) is 0 Å². The molecule has 0 fully saturated rings. The molecule has 1 aromatic heterocycles. The molecule has 0 spiro atoms. The quantitative estimate of drug-likeness (QED) is 0.0617. The highest BCUT2D eigenvalue weighted by atomic mass is 32.2. The first-order chi connectivity index (χ1) is 30.3. The zero-order valence-electron chi connectivity index (χ0n) is 32.0. The van der Waals surface area contributed by atoms with Gasteiger partial charge in [0.1, 0.15) is 21.2 Å². The lowest BCUT2D eigenvalue weighted by molar-refractivity contribution is 0.0686. The number of rotatable bonds is 12.